The van der Waals surface area contributed by atoms with Gasteiger partial charge in [0.05, 0.1) is 7.11 Å². The maximum Gasteiger partial charge on any atom is 0.270 e. The number of fused-ring (bicyclic) bond motifs is 1. The van der Waals surface area contributed by atoms with Crippen LogP contribution >= 0.6 is 11.3 Å². The summed E-state index contributed by atoms with van der Waals surface area (Å²) in [7, 11) is 1.66. The minimum absolute atomic E-state index is 0.0181. The van der Waals surface area contributed by atoms with Crippen molar-refractivity contribution in [3.8, 4) is 5.75 Å². The lowest BCUT2D eigenvalue weighted by atomic mass is 10.1. The maximum atomic E-state index is 13.7. The first-order valence-electron chi connectivity index (χ1n) is 12.4. The third-order valence-electron chi connectivity index (χ3n) is 6.90. The van der Waals surface area contributed by atoms with Gasteiger partial charge in [0.25, 0.3) is 5.91 Å². The minimum atomic E-state index is -0.0195. The predicted octanol–water partition coefficient (Wildman–Crippen LogP) is 5.07. The van der Waals surface area contributed by atoms with Crippen molar-refractivity contribution in [2.24, 2.45) is 0 Å². The summed E-state index contributed by atoms with van der Waals surface area (Å²) in [5.74, 6) is 0.974. The zero-order valence-corrected chi connectivity index (χ0v) is 21.5. The lowest BCUT2D eigenvalue weighted by Crippen LogP contribution is -2.55. The van der Waals surface area contributed by atoms with E-state index in [0.717, 1.165) is 28.0 Å². The normalized spacial score (nSPS) is 15.9. The van der Waals surface area contributed by atoms with Gasteiger partial charge >= 0.3 is 0 Å². The van der Waals surface area contributed by atoms with Crippen molar-refractivity contribution in [3.63, 3.8) is 0 Å². The molecule has 7 heteroatoms. The highest BCUT2D eigenvalue weighted by Gasteiger charge is 2.31. The fourth-order valence-corrected chi connectivity index (χ4v) is 5.87. The summed E-state index contributed by atoms with van der Waals surface area (Å²) in [6, 6.07) is 22.1. The van der Waals surface area contributed by atoms with Gasteiger partial charge in [-0.05, 0) is 54.1 Å². The largest absolute Gasteiger partial charge is 0.497 e. The third kappa shape index (κ3) is 5.02. The SMILES string of the molecule is COc1cccc(Cn2c(C(=O)N3CCN(C(=O)CCc4ccccc4)C(C)C3)cc3ccsc32)c1. The van der Waals surface area contributed by atoms with Crippen molar-refractivity contribution < 1.29 is 14.3 Å². The van der Waals surface area contributed by atoms with E-state index < -0.39 is 0 Å². The summed E-state index contributed by atoms with van der Waals surface area (Å²) in [4.78, 5) is 31.6. The lowest BCUT2D eigenvalue weighted by molar-refractivity contribution is -0.135. The second-order valence-corrected chi connectivity index (χ2v) is 10.2. The summed E-state index contributed by atoms with van der Waals surface area (Å²) in [6.07, 6.45) is 1.22. The number of carbonyl (C=O) groups excluding carboxylic acids is 2. The molecular formula is C29H31N3O3S. The number of carbonyl (C=O) groups is 2. The van der Waals surface area contributed by atoms with Crippen molar-refractivity contribution in [1.29, 1.82) is 0 Å². The molecule has 1 saturated heterocycles. The number of rotatable bonds is 7. The number of aromatic nitrogens is 1. The van der Waals surface area contributed by atoms with Crippen LogP contribution in [0.25, 0.3) is 10.2 Å². The smallest absolute Gasteiger partial charge is 0.270 e. The zero-order chi connectivity index (χ0) is 25.1. The molecule has 1 aliphatic rings. The molecule has 1 aliphatic heterocycles. The Morgan fingerprint density at radius 1 is 1.00 bits per heavy atom. The Labute approximate surface area is 215 Å². The molecule has 2 amide bonds. The predicted molar refractivity (Wildman–Crippen MR) is 144 cm³/mol. The molecule has 1 fully saturated rings. The van der Waals surface area contributed by atoms with E-state index >= 15 is 0 Å². The molecule has 0 saturated carbocycles. The van der Waals surface area contributed by atoms with Gasteiger partial charge in [-0.2, -0.15) is 0 Å². The molecule has 2 aromatic carbocycles. The van der Waals surface area contributed by atoms with E-state index in [-0.39, 0.29) is 17.9 Å². The van der Waals surface area contributed by atoms with E-state index in [4.69, 9.17) is 4.74 Å². The Kier molecular flexibility index (Phi) is 7.09. The molecule has 6 nitrogen and oxygen atoms in total. The van der Waals surface area contributed by atoms with Gasteiger partial charge in [-0.1, -0.05) is 42.5 Å². The van der Waals surface area contributed by atoms with Crippen LogP contribution in [0.15, 0.2) is 72.1 Å². The summed E-state index contributed by atoms with van der Waals surface area (Å²) >= 11 is 1.64. The number of hydrogen-bond acceptors (Lipinski definition) is 4. The molecule has 1 atom stereocenters. The molecule has 0 bridgehead atoms. The van der Waals surface area contributed by atoms with E-state index in [9.17, 15) is 9.59 Å². The van der Waals surface area contributed by atoms with Gasteiger partial charge < -0.3 is 19.1 Å². The van der Waals surface area contributed by atoms with Crippen LogP contribution in [0.3, 0.4) is 0 Å². The number of methoxy groups -OCH3 is 1. The number of thiophene rings is 1. The Hall–Kier alpha value is -3.58. The van der Waals surface area contributed by atoms with Gasteiger partial charge in [-0.15, -0.1) is 11.3 Å². The van der Waals surface area contributed by atoms with Gasteiger partial charge in [-0.25, -0.2) is 0 Å². The number of aryl methyl sites for hydroxylation is 1. The highest BCUT2D eigenvalue weighted by Crippen LogP contribution is 2.28. The van der Waals surface area contributed by atoms with E-state index in [1.165, 1.54) is 5.56 Å². The van der Waals surface area contributed by atoms with E-state index in [1.54, 1.807) is 18.4 Å². The molecular weight excluding hydrogens is 470 g/mol. The van der Waals surface area contributed by atoms with Crippen LogP contribution < -0.4 is 4.74 Å². The van der Waals surface area contributed by atoms with Crippen LogP contribution in [-0.4, -0.2) is 59.0 Å². The summed E-state index contributed by atoms with van der Waals surface area (Å²) < 4.78 is 7.50. The van der Waals surface area contributed by atoms with Crippen LogP contribution in [0.2, 0.25) is 0 Å². The van der Waals surface area contributed by atoms with E-state index in [2.05, 4.69) is 34.2 Å². The highest BCUT2D eigenvalue weighted by molar-refractivity contribution is 7.16. The third-order valence-corrected chi connectivity index (χ3v) is 7.85. The lowest BCUT2D eigenvalue weighted by Gasteiger charge is -2.40. The maximum absolute atomic E-state index is 13.7. The van der Waals surface area contributed by atoms with Crippen LogP contribution in [-0.2, 0) is 17.8 Å². The molecule has 1 unspecified atom stereocenters. The molecule has 186 valence electrons. The van der Waals surface area contributed by atoms with Gasteiger partial charge in [0.15, 0.2) is 0 Å². The Balaban J connectivity index is 1.29. The van der Waals surface area contributed by atoms with Crippen molar-refractivity contribution >= 4 is 33.4 Å². The van der Waals surface area contributed by atoms with Crippen molar-refractivity contribution in [2.75, 3.05) is 26.7 Å². The van der Waals surface area contributed by atoms with Crippen molar-refractivity contribution in [1.82, 2.24) is 14.4 Å². The summed E-state index contributed by atoms with van der Waals surface area (Å²) in [5, 5.41) is 3.14. The first kappa shape index (κ1) is 24.1. The molecule has 0 radical (unpaired) electrons. The average molecular weight is 502 g/mol. The summed E-state index contributed by atoms with van der Waals surface area (Å²) in [6.45, 7) is 4.27. The second-order valence-electron chi connectivity index (χ2n) is 9.32. The van der Waals surface area contributed by atoms with Crippen LogP contribution in [0.5, 0.6) is 5.75 Å². The standard InChI is InChI=1S/C29H31N3O3S/c1-21-19-30(14-15-31(21)27(33)12-11-22-7-4-3-5-8-22)28(34)26-18-24-13-16-36-29(24)32(26)20-23-9-6-10-25(17-23)35-2/h3-10,13,16-18,21H,11-12,14-15,19-20H2,1-2H3. The van der Waals surface area contributed by atoms with Crippen molar-refractivity contribution in [3.05, 3.63) is 88.9 Å². The molecule has 0 aliphatic carbocycles. The number of amides is 2. The number of nitrogens with zero attached hydrogens (tertiary/aromatic N) is 3. The second kappa shape index (κ2) is 10.6. The number of piperazine rings is 1. The first-order chi connectivity index (χ1) is 17.5. The van der Waals surface area contributed by atoms with E-state index in [0.29, 0.717) is 38.3 Å². The fraction of sp³-hybridized carbons (Fsp3) is 0.310. The van der Waals surface area contributed by atoms with Gasteiger partial charge in [0.2, 0.25) is 5.91 Å². The van der Waals surface area contributed by atoms with Crippen LogP contribution in [0, 0.1) is 0 Å². The zero-order valence-electron chi connectivity index (χ0n) is 20.7. The molecule has 36 heavy (non-hydrogen) atoms. The van der Waals surface area contributed by atoms with Crippen molar-refractivity contribution in [2.45, 2.75) is 32.4 Å². The molecule has 0 N–H and O–H groups in total. The van der Waals surface area contributed by atoms with Gasteiger partial charge in [0, 0.05) is 44.0 Å². The molecule has 5 rings (SSSR count). The van der Waals surface area contributed by atoms with Gasteiger partial charge in [0.1, 0.15) is 16.3 Å². The Morgan fingerprint density at radius 2 is 1.81 bits per heavy atom. The highest BCUT2D eigenvalue weighted by atomic mass is 32.1. The molecule has 2 aromatic heterocycles. The first-order valence-corrected chi connectivity index (χ1v) is 13.2. The van der Waals surface area contributed by atoms with Crippen LogP contribution in [0.1, 0.15) is 35.0 Å². The molecule has 0 spiro atoms. The molecule has 4 aromatic rings. The topological polar surface area (TPSA) is 54.8 Å². The number of ether oxygens (including phenoxy) is 1. The van der Waals surface area contributed by atoms with E-state index in [1.807, 2.05) is 59.2 Å². The minimum Gasteiger partial charge on any atom is -0.497 e. The summed E-state index contributed by atoms with van der Waals surface area (Å²) in [5.41, 5.74) is 2.94. The fourth-order valence-electron chi connectivity index (χ4n) is 4.98. The van der Waals surface area contributed by atoms with Gasteiger partial charge in [-0.3, -0.25) is 9.59 Å². The average Bonchev–Trinajstić information content (AvgIpc) is 3.50. The number of hydrogen-bond donors (Lipinski definition) is 0. The Bertz CT molecular complexity index is 1360. The number of benzene rings is 2. The monoisotopic (exact) mass is 501 g/mol. The Morgan fingerprint density at radius 3 is 2.58 bits per heavy atom. The quantitative estimate of drug-likeness (QED) is 0.356. The molecule has 3 heterocycles. The van der Waals surface area contributed by atoms with Crippen LogP contribution in [0.4, 0.5) is 0 Å².